The smallest absolute Gasteiger partial charge is 0.257 e. The average molecular weight is 378 g/mol. The van der Waals surface area contributed by atoms with Crippen LogP contribution in [0.4, 0.5) is 15.9 Å². The zero-order chi connectivity index (χ0) is 19.7. The fraction of sp³-hybridized carbons (Fsp3) is 0.273. The Morgan fingerprint density at radius 1 is 1.11 bits per heavy atom. The molecule has 28 heavy (non-hydrogen) atoms. The van der Waals surface area contributed by atoms with Gasteiger partial charge in [0.25, 0.3) is 5.91 Å². The van der Waals surface area contributed by atoms with E-state index in [9.17, 15) is 9.18 Å². The fourth-order valence-electron chi connectivity index (χ4n) is 3.86. The maximum Gasteiger partial charge on any atom is 0.257 e. The number of hydrogen-bond donors (Lipinski definition) is 1. The van der Waals surface area contributed by atoms with Gasteiger partial charge in [-0.1, -0.05) is 12.1 Å². The minimum Gasteiger partial charge on any atom is -0.355 e. The highest BCUT2D eigenvalue weighted by atomic mass is 19.1. The highest BCUT2D eigenvalue weighted by Crippen LogP contribution is 2.28. The molecule has 1 saturated heterocycles. The van der Waals surface area contributed by atoms with E-state index in [0.29, 0.717) is 22.6 Å². The molecule has 0 atom stereocenters. The Kier molecular flexibility index (Phi) is 4.86. The first kappa shape index (κ1) is 18.2. The third-order valence-electron chi connectivity index (χ3n) is 5.21. The molecule has 6 heteroatoms. The van der Waals surface area contributed by atoms with E-state index >= 15 is 0 Å². The number of halogens is 1. The number of aryl methyl sites for hydroxylation is 1. The lowest BCUT2D eigenvalue weighted by Crippen LogP contribution is -2.22. The number of pyridine rings is 1. The van der Waals surface area contributed by atoms with Gasteiger partial charge in [-0.3, -0.25) is 4.79 Å². The number of amides is 1. The first-order valence-electron chi connectivity index (χ1n) is 9.51. The molecular weight excluding hydrogens is 355 g/mol. The number of hydrogen-bond acceptors (Lipinski definition) is 3. The number of nitrogens with zero attached hydrogens (tertiary/aromatic N) is 3. The molecule has 144 valence electrons. The molecule has 4 rings (SSSR count). The van der Waals surface area contributed by atoms with E-state index in [1.54, 1.807) is 35.0 Å². The molecule has 0 saturated carbocycles. The highest BCUT2D eigenvalue weighted by Gasteiger charge is 2.21. The second-order valence-corrected chi connectivity index (χ2v) is 7.09. The van der Waals surface area contributed by atoms with Crippen LogP contribution in [-0.2, 0) is 0 Å². The van der Waals surface area contributed by atoms with E-state index in [1.807, 2.05) is 26.0 Å². The predicted molar refractivity (Wildman–Crippen MR) is 109 cm³/mol. The third-order valence-corrected chi connectivity index (χ3v) is 5.21. The molecule has 3 heterocycles. The summed E-state index contributed by atoms with van der Waals surface area (Å²) in [5.41, 5.74) is 3.17. The highest BCUT2D eigenvalue weighted by molar-refractivity contribution is 6.06. The first-order chi connectivity index (χ1) is 13.6. The topological polar surface area (TPSA) is 50.2 Å². The SMILES string of the molecule is Cc1cc(C(=O)Nc2cccnc2N2CCCC2)c(C)n1-c1ccccc1F. The van der Waals surface area contributed by atoms with Gasteiger partial charge in [-0.05, 0) is 57.0 Å². The molecule has 0 aliphatic carbocycles. The number of para-hydroxylation sites is 1. The standard InChI is InChI=1S/C22H23FN4O/c1-15-14-17(16(2)27(15)20-10-4-3-8-18(20)23)22(28)25-19-9-7-11-24-21(19)26-12-5-6-13-26/h3-4,7-11,14H,5-6,12-13H2,1-2H3,(H,25,28). The van der Waals surface area contributed by atoms with Crippen molar-refractivity contribution in [3.63, 3.8) is 0 Å². The van der Waals surface area contributed by atoms with Crippen molar-refractivity contribution in [2.75, 3.05) is 23.3 Å². The molecular formula is C22H23FN4O. The average Bonchev–Trinajstić information content (AvgIpc) is 3.31. The van der Waals surface area contributed by atoms with Crippen LogP contribution < -0.4 is 10.2 Å². The summed E-state index contributed by atoms with van der Waals surface area (Å²) >= 11 is 0. The van der Waals surface area contributed by atoms with Gasteiger partial charge in [-0.15, -0.1) is 0 Å². The number of carbonyl (C=O) groups excluding carboxylic acids is 1. The fourth-order valence-corrected chi connectivity index (χ4v) is 3.86. The van der Waals surface area contributed by atoms with Crippen molar-refractivity contribution in [3.05, 3.63) is 71.4 Å². The van der Waals surface area contributed by atoms with Gasteiger partial charge in [-0.2, -0.15) is 0 Å². The number of benzene rings is 1. The lowest BCUT2D eigenvalue weighted by atomic mass is 10.2. The molecule has 1 aliphatic heterocycles. The lowest BCUT2D eigenvalue weighted by Gasteiger charge is -2.20. The van der Waals surface area contributed by atoms with E-state index in [4.69, 9.17) is 0 Å². The summed E-state index contributed by atoms with van der Waals surface area (Å²) in [6.07, 6.45) is 4.01. The Balaban J connectivity index is 1.66. The van der Waals surface area contributed by atoms with Crippen LogP contribution in [0.15, 0.2) is 48.7 Å². The van der Waals surface area contributed by atoms with Gasteiger partial charge >= 0.3 is 0 Å². The monoisotopic (exact) mass is 378 g/mol. The molecule has 1 aliphatic rings. The second-order valence-electron chi connectivity index (χ2n) is 7.09. The van der Waals surface area contributed by atoms with Crippen LogP contribution in [0.25, 0.3) is 5.69 Å². The van der Waals surface area contributed by atoms with Crippen molar-refractivity contribution in [2.45, 2.75) is 26.7 Å². The minimum absolute atomic E-state index is 0.218. The maximum atomic E-state index is 14.3. The van der Waals surface area contributed by atoms with Crippen molar-refractivity contribution in [1.29, 1.82) is 0 Å². The lowest BCUT2D eigenvalue weighted by molar-refractivity contribution is 0.102. The van der Waals surface area contributed by atoms with Crippen LogP contribution in [0, 0.1) is 19.7 Å². The normalized spacial score (nSPS) is 13.8. The first-order valence-corrected chi connectivity index (χ1v) is 9.51. The van der Waals surface area contributed by atoms with Gasteiger partial charge in [0, 0.05) is 30.7 Å². The number of rotatable bonds is 4. The number of nitrogens with one attached hydrogen (secondary N) is 1. The van der Waals surface area contributed by atoms with Crippen LogP contribution in [-0.4, -0.2) is 28.5 Å². The van der Waals surface area contributed by atoms with Gasteiger partial charge in [0.2, 0.25) is 0 Å². The molecule has 1 N–H and O–H groups in total. The van der Waals surface area contributed by atoms with Crippen LogP contribution in [0.5, 0.6) is 0 Å². The molecule has 1 amide bonds. The van der Waals surface area contributed by atoms with Gasteiger partial charge in [-0.25, -0.2) is 9.37 Å². The summed E-state index contributed by atoms with van der Waals surface area (Å²) in [7, 11) is 0. The molecule has 0 spiro atoms. The second kappa shape index (κ2) is 7.46. The van der Waals surface area contributed by atoms with Crippen molar-refractivity contribution in [2.24, 2.45) is 0 Å². The van der Waals surface area contributed by atoms with Gasteiger partial charge in [0.1, 0.15) is 5.82 Å². The van der Waals surface area contributed by atoms with Crippen molar-refractivity contribution in [1.82, 2.24) is 9.55 Å². The van der Waals surface area contributed by atoms with Crippen molar-refractivity contribution < 1.29 is 9.18 Å². The van der Waals surface area contributed by atoms with E-state index in [2.05, 4.69) is 15.2 Å². The molecule has 0 unspecified atom stereocenters. The Morgan fingerprint density at radius 3 is 2.61 bits per heavy atom. The van der Waals surface area contributed by atoms with E-state index in [0.717, 1.165) is 37.4 Å². The van der Waals surface area contributed by atoms with Crippen LogP contribution in [0.2, 0.25) is 0 Å². The molecule has 0 radical (unpaired) electrons. The molecule has 3 aromatic rings. The third kappa shape index (κ3) is 3.26. The van der Waals surface area contributed by atoms with Crippen LogP contribution in [0.3, 0.4) is 0 Å². The van der Waals surface area contributed by atoms with Crippen LogP contribution in [0.1, 0.15) is 34.6 Å². The number of anilines is 2. The Hall–Kier alpha value is -3.15. The summed E-state index contributed by atoms with van der Waals surface area (Å²) in [6, 6.07) is 12.1. The zero-order valence-corrected chi connectivity index (χ0v) is 16.1. The zero-order valence-electron chi connectivity index (χ0n) is 16.1. The summed E-state index contributed by atoms with van der Waals surface area (Å²) in [6.45, 7) is 5.60. The predicted octanol–water partition coefficient (Wildman–Crippen LogP) is 4.48. The molecule has 0 bridgehead atoms. The Morgan fingerprint density at radius 2 is 1.86 bits per heavy atom. The van der Waals surface area contributed by atoms with E-state index in [-0.39, 0.29) is 11.7 Å². The van der Waals surface area contributed by atoms with Gasteiger partial charge < -0.3 is 14.8 Å². The minimum atomic E-state index is -0.320. The van der Waals surface area contributed by atoms with Gasteiger partial charge in [0.05, 0.1) is 16.9 Å². The van der Waals surface area contributed by atoms with Gasteiger partial charge in [0.15, 0.2) is 5.82 Å². The van der Waals surface area contributed by atoms with Crippen LogP contribution >= 0.6 is 0 Å². The summed E-state index contributed by atoms with van der Waals surface area (Å²) in [5, 5.41) is 3.00. The largest absolute Gasteiger partial charge is 0.355 e. The number of aromatic nitrogens is 2. The Labute approximate surface area is 163 Å². The summed E-state index contributed by atoms with van der Waals surface area (Å²) < 4.78 is 16.1. The van der Waals surface area contributed by atoms with Crippen molar-refractivity contribution >= 4 is 17.4 Å². The van der Waals surface area contributed by atoms with E-state index < -0.39 is 0 Å². The Bertz CT molecular complexity index is 1020. The summed E-state index contributed by atoms with van der Waals surface area (Å²) in [4.78, 5) is 19.7. The number of carbonyl (C=O) groups is 1. The molecule has 2 aromatic heterocycles. The molecule has 1 aromatic carbocycles. The molecule has 5 nitrogen and oxygen atoms in total. The van der Waals surface area contributed by atoms with E-state index in [1.165, 1.54) is 6.07 Å². The quantitative estimate of drug-likeness (QED) is 0.728. The maximum absolute atomic E-state index is 14.3. The molecule has 1 fully saturated rings. The van der Waals surface area contributed by atoms with Crippen molar-refractivity contribution in [3.8, 4) is 5.69 Å². The summed E-state index contributed by atoms with van der Waals surface area (Å²) in [5.74, 6) is 0.264.